The molecule has 2 heterocycles. The van der Waals surface area contributed by atoms with Gasteiger partial charge in [0.05, 0.1) is 5.56 Å². The Labute approximate surface area is 176 Å². The van der Waals surface area contributed by atoms with Crippen molar-refractivity contribution in [3.05, 3.63) is 79.6 Å². The molecule has 0 aliphatic heterocycles. The van der Waals surface area contributed by atoms with Crippen LogP contribution in [0, 0.1) is 13.8 Å². The second-order valence-electron chi connectivity index (χ2n) is 6.65. The van der Waals surface area contributed by atoms with Crippen LogP contribution >= 0.6 is 23.2 Å². The van der Waals surface area contributed by atoms with Crippen molar-refractivity contribution >= 4 is 34.2 Å². The van der Waals surface area contributed by atoms with Crippen LogP contribution in [0.3, 0.4) is 0 Å². The second-order valence-corrected chi connectivity index (χ2v) is 7.50. The van der Waals surface area contributed by atoms with Crippen molar-refractivity contribution in [2.75, 3.05) is 0 Å². The first-order valence-electron chi connectivity index (χ1n) is 8.77. The van der Waals surface area contributed by atoms with Crippen molar-refractivity contribution in [3.63, 3.8) is 0 Å². The van der Waals surface area contributed by atoms with Gasteiger partial charge in [-0.05, 0) is 56.3 Å². The first kappa shape index (κ1) is 19.4. The van der Waals surface area contributed by atoms with Gasteiger partial charge in [0, 0.05) is 26.6 Å². The summed E-state index contributed by atoms with van der Waals surface area (Å²) in [7, 11) is 0. The van der Waals surface area contributed by atoms with E-state index in [1.54, 1.807) is 43.3 Å². The molecule has 0 spiro atoms. The van der Waals surface area contributed by atoms with Crippen LogP contribution in [0.1, 0.15) is 16.7 Å². The highest BCUT2D eigenvalue weighted by Crippen LogP contribution is 2.35. The fourth-order valence-electron chi connectivity index (χ4n) is 3.00. The van der Waals surface area contributed by atoms with E-state index in [0.717, 1.165) is 10.9 Å². The number of aromatic hydroxyl groups is 1. The largest absolute Gasteiger partial charge is 0.507 e. The molecule has 0 saturated carbocycles. The smallest absolute Gasteiger partial charge is 0.343 e. The maximum Gasteiger partial charge on any atom is 0.343 e. The van der Waals surface area contributed by atoms with Gasteiger partial charge in [0.25, 0.3) is 0 Å². The molecule has 1 N–H and O–H groups in total. The molecule has 2 aromatic heterocycles. The molecular formula is C22H16Cl2O5. The maximum atomic E-state index is 11.9. The van der Waals surface area contributed by atoms with Crippen molar-refractivity contribution in [1.82, 2.24) is 0 Å². The van der Waals surface area contributed by atoms with E-state index in [1.807, 2.05) is 6.07 Å². The van der Waals surface area contributed by atoms with E-state index in [4.69, 9.17) is 36.8 Å². The average Bonchev–Trinajstić information content (AvgIpc) is 3.12. The Kier molecular flexibility index (Phi) is 5.03. The Hall–Kier alpha value is -2.89. The highest BCUT2D eigenvalue weighted by atomic mass is 35.5. The van der Waals surface area contributed by atoms with E-state index in [-0.39, 0.29) is 23.7 Å². The Balaban J connectivity index is 1.65. The van der Waals surface area contributed by atoms with Gasteiger partial charge in [-0.3, -0.25) is 0 Å². The Morgan fingerprint density at radius 1 is 1.00 bits per heavy atom. The molecule has 0 atom stereocenters. The molecule has 2 aromatic carbocycles. The summed E-state index contributed by atoms with van der Waals surface area (Å²) in [4.78, 5) is 11.9. The van der Waals surface area contributed by atoms with Gasteiger partial charge in [-0.25, -0.2) is 4.79 Å². The number of halogens is 2. The molecule has 0 aliphatic carbocycles. The summed E-state index contributed by atoms with van der Waals surface area (Å²) in [6.07, 6.45) is 0. The summed E-state index contributed by atoms with van der Waals surface area (Å²) >= 11 is 12.2. The molecule has 0 radical (unpaired) electrons. The van der Waals surface area contributed by atoms with Crippen LogP contribution in [0.5, 0.6) is 11.5 Å². The van der Waals surface area contributed by atoms with Crippen molar-refractivity contribution in [2.45, 2.75) is 20.5 Å². The van der Waals surface area contributed by atoms with Gasteiger partial charge in [-0.1, -0.05) is 23.2 Å². The SMILES string of the molecule is Cc1c(-c2cc3cc(OCc4cc(Cl)ccc4Cl)ccc3o2)oc(=O)c(C)c1O. The lowest BCUT2D eigenvalue weighted by atomic mass is 10.1. The van der Waals surface area contributed by atoms with Gasteiger partial charge < -0.3 is 18.7 Å². The van der Waals surface area contributed by atoms with Gasteiger partial charge in [0.2, 0.25) is 0 Å². The summed E-state index contributed by atoms with van der Waals surface area (Å²) in [5, 5.41) is 12.0. The third-order valence-corrected chi connectivity index (χ3v) is 5.27. The van der Waals surface area contributed by atoms with E-state index in [9.17, 15) is 9.90 Å². The van der Waals surface area contributed by atoms with Crippen LogP contribution in [0.2, 0.25) is 10.0 Å². The summed E-state index contributed by atoms with van der Waals surface area (Å²) in [6, 6.07) is 12.3. The molecule has 5 nitrogen and oxygen atoms in total. The Bertz CT molecular complexity index is 1290. The van der Waals surface area contributed by atoms with Gasteiger partial charge in [0.1, 0.15) is 23.7 Å². The minimum Gasteiger partial charge on any atom is -0.507 e. The first-order chi connectivity index (χ1) is 13.8. The molecule has 0 aliphatic rings. The van der Waals surface area contributed by atoms with Gasteiger partial charge >= 0.3 is 5.63 Å². The lowest BCUT2D eigenvalue weighted by Crippen LogP contribution is -2.05. The summed E-state index contributed by atoms with van der Waals surface area (Å²) < 4.78 is 17.0. The molecule has 148 valence electrons. The minimum atomic E-state index is -0.606. The zero-order valence-electron chi connectivity index (χ0n) is 15.6. The van der Waals surface area contributed by atoms with E-state index in [1.165, 1.54) is 6.92 Å². The Morgan fingerprint density at radius 3 is 2.59 bits per heavy atom. The van der Waals surface area contributed by atoms with Crippen molar-refractivity contribution < 1.29 is 18.7 Å². The molecule has 0 fully saturated rings. The molecule has 0 bridgehead atoms. The highest BCUT2D eigenvalue weighted by Gasteiger charge is 2.18. The number of rotatable bonds is 4. The van der Waals surface area contributed by atoms with Gasteiger partial charge in [-0.15, -0.1) is 0 Å². The van der Waals surface area contributed by atoms with Crippen LogP contribution in [-0.4, -0.2) is 5.11 Å². The monoisotopic (exact) mass is 430 g/mol. The summed E-state index contributed by atoms with van der Waals surface area (Å²) in [6.45, 7) is 3.43. The summed E-state index contributed by atoms with van der Waals surface area (Å²) in [5.74, 6) is 1.06. The third-order valence-electron chi connectivity index (χ3n) is 4.67. The number of furan rings is 1. The van der Waals surface area contributed by atoms with Gasteiger partial charge in [0.15, 0.2) is 11.5 Å². The fraction of sp³-hybridized carbons (Fsp3) is 0.136. The van der Waals surface area contributed by atoms with E-state index >= 15 is 0 Å². The molecule has 0 amide bonds. The minimum absolute atomic E-state index is 0.0980. The van der Waals surface area contributed by atoms with Crippen LogP contribution in [0.4, 0.5) is 0 Å². The second kappa shape index (κ2) is 7.50. The first-order valence-corrected chi connectivity index (χ1v) is 9.53. The number of fused-ring (bicyclic) bond motifs is 1. The zero-order chi connectivity index (χ0) is 20.7. The number of hydrogen-bond donors (Lipinski definition) is 1. The standard InChI is InChI=1S/C22H16Cl2O5/c1-11-20(25)12(2)22(26)29-21(11)19-9-13-8-16(4-6-18(13)28-19)27-10-14-7-15(23)3-5-17(14)24/h3-9,25H,10H2,1-2H3. The fourth-order valence-corrected chi connectivity index (χ4v) is 3.37. The van der Waals surface area contributed by atoms with E-state index in [2.05, 4.69) is 0 Å². The van der Waals surface area contributed by atoms with Crippen molar-refractivity contribution in [2.24, 2.45) is 0 Å². The summed E-state index contributed by atoms with van der Waals surface area (Å²) in [5.41, 5.74) is 1.37. The molecule has 0 unspecified atom stereocenters. The molecule has 4 rings (SSSR count). The van der Waals surface area contributed by atoms with Crippen molar-refractivity contribution in [1.29, 1.82) is 0 Å². The molecular weight excluding hydrogens is 415 g/mol. The van der Waals surface area contributed by atoms with Gasteiger partial charge in [-0.2, -0.15) is 0 Å². The zero-order valence-corrected chi connectivity index (χ0v) is 17.1. The van der Waals surface area contributed by atoms with Crippen molar-refractivity contribution in [3.8, 4) is 23.0 Å². The van der Waals surface area contributed by atoms with Crippen LogP contribution in [0.25, 0.3) is 22.5 Å². The maximum absolute atomic E-state index is 11.9. The lowest BCUT2D eigenvalue weighted by molar-refractivity contribution is 0.306. The number of hydrogen-bond acceptors (Lipinski definition) is 5. The molecule has 7 heteroatoms. The molecule has 29 heavy (non-hydrogen) atoms. The topological polar surface area (TPSA) is 72.8 Å². The number of ether oxygens (including phenoxy) is 1. The van der Waals surface area contributed by atoms with E-state index in [0.29, 0.717) is 32.7 Å². The van der Waals surface area contributed by atoms with E-state index < -0.39 is 5.63 Å². The Morgan fingerprint density at radius 2 is 1.79 bits per heavy atom. The molecule has 4 aromatic rings. The normalized spacial score (nSPS) is 11.2. The quantitative estimate of drug-likeness (QED) is 0.413. The van der Waals surface area contributed by atoms with Crippen LogP contribution < -0.4 is 10.4 Å². The van der Waals surface area contributed by atoms with Crippen LogP contribution in [0.15, 0.2) is 56.1 Å². The third kappa shape index (κ3) is 3.71. The average molecular weight is 431 g/mol. The predicted molar refractivity (Wildman–Crippen MR) is 112 cm³/mol. The number of benzene rings is 2. The predicted octanol–water partition coefficient (Wildman–Crippen LogP) is 6.26. The molecule has 0 saturated heterocycles. The lowest BCUT2D eigenvalue weighted by Gasteiger charge is -2.08. The van der Waals surface area contributed by atoms with Crippen LogP contribution in [-0.2, 0) is 6.61 Å². The highest BCUT2D eigenvalue weighted by molar-refractivity contribution is 6.33.